The Hall–Kier alpha value is -1.59. The molecule has 24 heavy (non-hydrogen) atoms. The number of nitrogens with zero attached hydrogens (tertiary/aromatic N) is 1. The van der Waals surface area contributed by atoms with Gasteiger partial charge < -0.3 is 9.47 Å². The van der Waals surface area contributed by atoms with E-state index in [0.717, 1.165) is 35.0 Å². The van der Waals surface area contributed by atoms with E-state index < -0.39 is 0 Å². The molecule has 1 aliphatic heterocycles. The molecule has 2 aromatic carbocycles. The van der Waals surface area contributed by atoms with Crippen LogP contribution in [0.4, 0.5) is 0 Å². The van der Waals surface area contributed by atoms with Crippen molar-refractivity contribution in [3.63, 3.8) is 0 Å². The van der Waals surface area contributed by atoms with Crippen LogP contribution in [0.5, 0.6) is 5.75 Å². The Morgan fingerprint density at radius 3 is 2.92 bits per heavy atom. The van der Waals surface area contributed by atoms with Crippen LogP contribution in [0.25, 0.3) is 10.1 Å². The van der Waals surface area contributed by atoms with Gasteiger partial charge in [-0.25, -0.2) is 0 Å². The maximum absolute atomic E-state index is 6.26. The molecule has 0 N–H and O–H groups in total. The normalized spacial score (nSPS) is 14.0. The Kier molecular flexibility index (Phi) is 4.46. The fourth-order valence-corrected chi connectivity index (χ4v) is 4.38. The monoisotopic (exact) mass is 359 g/mol. The molecule has 124 valence electrons. The van der Waals surface area contributed by atoms with Crippen molar-refractivity contribution in [3.05, 3.63) is 63.5 Å². The quantitative estimate of drug-likeness (QED) is 0.650. The van der Waals surface area contributed by atoms with Crippen molar-refractivity contribution >= 4 is 33.0 Å². The summed E-state index contributed by atoms with van der Waals surface area (Å²) >= 11 is 8.06. The predicted molar refractivity (Wildman–Crippen MR) is 98.7 cm³/mol. The molecule has 0 fully saturated rings. The second kappa shape index (κ2) is 6.73. The largest absolute Gasteiger partial charge is 0.467 e. The number of hydrogen-bond donors (Lipinski definition) is 0. The Morgan fingerprint density at radius 1 is 1.17 bits per heavy atom. The van der Waals surface area contributed by atoms with Crippen LogP contribution in [-0.2, 0) is 24.4 Å². The van der Waals surface area contributed by atoms with Crippen molar-refractivity contribution in [1.29, 1.82) is 0 Å². The van der Waals surface area contributed by atoms with Gasteiger partial charge in [0.25, 0.3) is 0 Å². The summed E-state index contributed by atoms with van der Waals surface area (Å²) in [6.07, 6.45) is 0. The molecule has 0 aliphatic carbocycles. The van der Waals surface area contributed by atoms with Gasteiger partial charge in [0.05, 0.1) is 6.61 Å². The summed E-state index contributed by atoms with van der Waals surface area (Å²) in [5.41, 5.74) is 3.50. The number of fused-ring (bicyclic) bond motifs is 2. The summed E-state index contributed by atoms with van der Waals surface area (Å²) in [7, 11) is 2.12. The summed E-state index contributed by atoms with van der Waals surface area (Å²) < 4.78 is 12.4. The van der Waals surface area contributed by atoms with E-state index in [4.69, 9.17) is 21.1 Å². The zero-order valence-corrected chi connectivity index (χ0v) is 15.0. The summed E-state index contributed by atoms with van der Waals surface area (Å²) in [6.45, 7) is 2.54. The van der Waals surface area contributed by atoms with Gasteiger partial charge in [0.15, 0.2) is 6.79 Å². The number of halogens is 1. The number of ether oxygens (including phenoxy) is 2. The summed E-state index contributed by atoms with van der Waals surface area (Å²) in [6, 6.07) is 12.5. The van der Waals surface area contributed by atoms with E-state index in [1.165, 1.54) is 15.6 Å². The number of hydrogen-bond acceptors (Lipinski definition) is 4. The van der Waals surface area contributed by atoms with E-state index in [1.54, 1.807) is 11.3 Å². The van der Waals surface area contributed by atoms with E-state index in [-0.39, 0.29) is 0 Å². The molecule has 0 bridgehead atoms. The van der Waals surface area contributed by atoms with Gasteiger partial charge >= 0.3 is 0 Å². The van der Waals surface area contributed by atoms with Crippen molar-refractivity contribution in [2.24, 2.45) is 0 Å². The zero-order valence-electron chi connectivity index (χ0n) is 13.4. The van der Waals surface area contributed by atoms with Crippen molar-refractivity contribution < 1.29 is 9.47 Å². The van der Waals surface area contributed by atoms with E-state index in [9.17, 15) is 0 Å². The average Bonchev–Trinajstić information content (AvgIpc) is 2.98. The maximum atomic E-state index is 6.26. The van der Waals surface area contributed by atoms with E-state index in [0.29, 0.717) is 13.4 Å². The highest BCUT2D eigenvalue weighted by Crippen LogP contribution is 2.33. The molecule has 1 aliphatic rings. The second-order valence-electron chi connectivity index (χ2n) is 6.09. The van der Waals surface area contributed by atoms with Crippen LogP contribution in [0.15, 0.2) is 41.8 Å². The standard InChI is InChI=1S/C19H18ClNO2S/c1-21(9-15-11-24-18-5-3-2-4-17(15)18)8-13-6-16(20)7-14-10-22-12-23-19(13)14/h2-7,11H,8-10,12H2,1H3. The lowest BCUT2D eigenvalue weighted by Crippen LogP contribution is -2.20. The van der Waals surface area contributed by atoms with E-state index >= 15 is 0 Å². The average molecular weight is 360 g/mol. The third kappa shape index (κ3) is 3.15. The zero-order chi connectivity index (χ0) is 16.5. The van der Waals surface area contributed by atoms with Crippen molar-refractivity contribution in [2.75, 3.05) is 13.8 Å². The summed E-state index contributed by atoms with van der Waals surface area (Å²) in [4.78, 5) is 2.29. The highest BCUT2D eigenvalue weighted by atomic mass is 35.5. The van der Waals surface area contributed by atoms with Gasteiger partial charge in [-0.2, -0.15) is 0 Å². The Bertz CT molecular complexity index is 877. The van der Waals surface area contributed by atoms with Crippen LogP contribution in [-0.4, -0.2) is 18.7 Å². The molecule has 0 radical (unpaired) electrons. The summed E-state index contributed by atoms with van der Waals surface area (Å²) in [5.74, 6) is 0.924. The lowest BCUT2D eigenvalue weighted by molar-refractivity contribution is -0.0174. The topological polar surface area (TPSA) is 21.7 Å². The second-order valence-corrected chi connectivity index (χ2v) is 7.44. The molecule has 0 saturated carbocycles. The minimum atomic E-state index is 0.306. The lowest BCUT2D eigenvalue weighted by Gasteiger charge is -2.24. The van der Waals surface area contributed by atoms with E-state index in [2.05, 4.69) is 41.6 Å². The number of rotatable bonds is 4. The van der Waals surface area contributed by atoms with Gasteiger partial charge in [0.1, 0.15) is 5.75 Å². The molecular formula is C19H18ClNO2S. The van der Waals surface area contributed by atoms with Crippen molar-refractivity contribution in [3.8, 4) is 5.75 Å². The first-order valence-electron chi connectivity index (χ1n) is 7.86. The van der Waals surface area contributed by atoms with Gasteiger partial charge in [0, 0.05) is 33.9 Å². The van der Waals surface area contributed by atoms with Crippen LogP contribution in [0.1, 0.15) is 16.7 Å². The molecule has 0 atom stereocenters. The maximum Gasteiger partial charge on any atom is 0.189 e. The van der Waals surface area contributed by atoms with Crippen LogP contribution in [0.3, 0.4) is 0 Å². The van der Waals surface area contributed by atoms with E-state index in [1.807, 2.05) is 12.1 Å². The van der Waals surface area contributed by atoms with Crippen LogP contribution >= 0.6 is 22.9 Å². The molecule has 0 unspecified atom stereocenters. The Morgan fingerprint density at radius 2 is 2.00 bits per heavy atom. The molecule has 0 amide bonds. The molecule has 5 heteroatoms. The first-order valence-corrected chi connectivity index (χ1v) is 9.12. The molecule has 0 saturated heterocycles. The number of thiophene rings is 1. The smallest absolute Gasteiger partial charge is 0.189 e. The molecule has 4 rings (SSSR count). The molecule has 3 nitrogen and oxygen atoms in total. The number of benzene rings is 2. The first-order chi connectivity index (χ1) is 11.7. The fourth-order valence-electron chi connectivity index (χ4n) is 3.17. The predicted octanol–water partition coefficient (Wildman–Crippen LogP) is 5.05. The third-order valence-electron chi connectivity index (χ3n) is 4.19. The minimum Gasteiger partial charge on any atom is -0.467 e. The molecular weight excluding hydrogens is 342 g/mol. The molecule has 3 aromatic rings. The lowest BCUT2D eigenvalue weighted by atomic mass is 10.1. The van der Waals surface area contributed by atoms with Crippen molar-refractivity contribution in [1.82, 2.24) is 4.90 Å². The molecule has 2 heterocycles. The van der Waals surface area contributed by atoms with Gasteiger partial charge in [-0.05, 0) is 41.6 Å². The summed E-state index contributed by atoms with van der Waals surface area (Å²) in [5, 5.41) is 4.32. The highest BCUT2D eigenvalue weighted by molar-refractivity contribution is 7.17. The van der Waals surface area contributed by atoms with Crippen LogP contribution in [0.2, 0.25) is 5.02 Å². The highest BCUT2D eigenvalue weighted by Gasteiger charge is 2.18. The van der Waals surface area contributed by atoms with Crippen molar-refractivity contribution in [2.45, 2.75) is 19.7 Å². The first kappa shape index (κ1) is 15.9. The van der Waals surface area contributed by atoms with Gasteiger partial charge in [-0.15, -0.1) is 11.3 Å². The van der Waals surface area contributed by atoms with Gasteiger partial charge in [-0.1, -0.05) is 29.8 Å². The minimum absolute atomic E-state index is 0.306. The molecule has 1 aromatic heterocycles. The fraction of sp³-hybridized carbons (Fsp3) is 0.263. The van der Waals surface area contributed by atoms with Crippen LogP contribution < -0.4 is 4.74 Å². The third-order valence-corrected chi connectivity index (χ3v) is 5.42. The Labute approximate surface area is 150 Å². The molecule has 0 spiro atoms. The van der Waals surface area contributed by atoms with Gasteiger partial charge in [0.2, 0.25) is 0 Å². The Balaban J connectivity index is 1.56. The SMILES string of the molecule is CN(Cc1cc(Cl)cc2c1OCOC2)Cc1csc2ccccc12. The van der Waals surface area contributed by atoms with Gasteiger partial charge in [-0.3, -0.25) is 4.90 Å². The van der Waals surface area contributed by atoms with Crippen LogP contribution in [0, 0.1) is 0 Å².